The number of aryl methyl sites for hydroxylation is 1. The number of carbonyl (C=O) groups excluding carboxylic acids is 1. The van der Waals surface area contributed by atoms with Gasteiger partial charge in [-0.05, 0) is 56.4 Å². The Morgan fingerprint density at radius 2 is 2.04 bits per heavy atom. The summed E-state index contributed by atoms with van der Waals surface area (Å²) in [5, 5.41) is 3.16. The third-order valence-corrected chi connectivity index (χ3v) is 5.37. The standard InChI is InChI=1S/C21H26N4O2/c1-14-5-10-19(23-13-14)25-11-12-27-20-17(3-2-4-18(20)25)21(26)24-16-8-6-15(22)7-9-16/h2-5,10,13,15-16H,6-9,11-12,22H2,1H3,(H,24,26). The van der Waals surface area contributed by atoms with Gasteiger partial charge in [0, 0.05) is 18.3 Å². The van der Waals surface area contributed by atoms with Gasteiger partial charge in [0.25, 0.3) is 5.91 Å². The van der Waals surface area contributed by atoms with Gasteiger partial charge in [0.2, 0.25) is 0 Å². The van der Waals surface area contributed by atoms with Crippen molar-refractivity contribution in [3.63, 3.8) is 0 Å². The molecule has 0 atom stereocenters. The van der Waals surface area contributed by atoms with Crippen LogP contribution in [0, 0.1) is 6.92 Å². The number of nitrogens with one attached hydrogen (secondary N) is 1. The van der Waals surface area contributed by atoms with Crippen molar-refractivity contribution in [2.75, 3.05) is 18.1 Å². The van der Waals surface area contributed by atoms with Gasteiger partial charge < -0.3 is 20.7 Å². The minimum atomic E-state index is -0.0777. The Labute approximate surface area is 159 Å². The van der Waals surface area contributed by atoms with Crippen LogP contribution in [0.2, 0.25) is 0 Å². The van der Waals surface area contributed by atoms with Crippen LogP contribution in [0.4, 0.5) is 11.5 Å². The molecule has 6 nitrogen and oxygen atoms in total. The first kappa shape index (κ1) is 17.8. The second kappa shape index (κ2) is 7.56. The molecule has 0 saturated heterocycles. The molecule has 142 valence electrons. The maximum atomic E-state index is 12.9. The largest absolute Gasteiger partial charge is 0.489 e. The number of amides is 1. The second-order valence-electron chi connectivity index (χ2n) is 7.43. The fourth-order valence-electron chi connectivity index (χ4n) is 3.81. The molecular formula is C21H26N4O2. The van der Waals surface area contributed by atoms with Crippen molar-refractivity contribution in [3.8, 4) is 5.75 Å². The number of hydrogen-bond donors (Lipinski definition) is 2. The van der Waals surface area contributed by atoms with E-state index in [2.05, 4.69) is 15.2 Å². The van der Waals surface area contributed by atoms with E-state index in [1.807, 2.05) is 43.5 Å². The third kappa shape index (κ3) is 3.76. The Morgan fingerprint density at radius 1 is 1.22 bits per heavy atom. The lowest BCUT2D eigenvalue weighted by atomic mass is 9.91. The molecule has 1 aromatic heterocycles. The van der Waals surface area contributed by atoms with Crippen LogP contribution in [0.1, 0.15) is 41.6 Å². The molecule has 3 N–H and O–H groups in total. The average Bonchev–Trinajstić information content (AvgIpc) is 2.69. The molecule has 1 saturated carbocycles. The summed E-state index contributed by atoms with van der Waals surface area (Å²) in [5.41, 5.74) is 8.55. The number of fused-ring (bicyclic) bond motifs is 1. The summed E-state index contributed by atoms with van der Waals surface area (Å²) < 4.78 is 5.91. The van der Waals surface area contributed by atoms with Crippen LogP contribution < -0.4 is 20.7 Å². The predicted molar refractivity (Wildman–Crippen MR) is 106 cm³/mol. The molecule has 0 bridgehead atoms. The minimum absolute atomic E-state index is 0.0777. The van der Waals surface area contributed by atoms with E-state index in [1.165, 1.54) is 0 Å². The van der Waals surface area contributed by atoms with Crippen LogP contribution in [0.5, 0.6) is 5.75 Å². The molecule has 1 aliphatic heterocycles. The van der Waals surface area contributed by atoms with Gasteiger partial charge >= 0.3 is 0 Å². The van der Waals surface area contributed by atoms with Crippen LogP contribution in [0.25, 0.3) is 0 Å². The molecule has 0 spiro atoms. The first-order chi connectivity index (χ1) is 13.1. The van der Waals surface area contributed by atoms with Crippen LogP contribution in [0.15, 0.2) is 36.5 Å². The number of aromatic nitrogens is 1. The molecule has 27 heavy (non-hydrogen) atoms. The van der Waals surface area contributed by atoms with Crippen LogP contribution in [0.3, 0.4) is 0 Å². The molecule has 1 fully saturated rings. The molecule has 0 radical (unpaired) electrons. The molecule has 2 aromatic rings. The second-order valence-corrected chi connectivity index (χ2v) is 7.43. The molecule has 1 aromatic carbocycles. The van der Waals surface area contributed by atoms with Gasteiger partial charge in [0.1, 0.15) is 12.4 Å². The number of ether oxygens (including phenoxy) is 1. The predicted octanol–water partition coefficient (Wildman–Crippen LogP) is 2.92. The molecular weight excluding hydrogens is 340 g/mol. The number of pyridine rings is 1. The monoisotopic (exact) mass is 366 g/mol. The molecule has 6 heteroatoms. The quantitative estimate of drug-likeness (QED) is 0.873. The SMILES string of the molecule is Cc1ccc(N2CCOc3c(C(=O)NC4CCC(N)CC4)cccc32)nc1. The fourth-order valence-corrected chi connectivity index (χ4v) is 3.81. The van der Waals surface area contributed by atoms with E-state index < -0.39 is 0 Å². The Balaban J connectivity index is 1.58. The highest BCUT2D eigenvalue weighted by atomic mass is 16.5. The van der Waals surface area contributed by atoms with Gasteiger partial charge in [-0.1, -0.05) is 12.1 Å². The van der Waals surface area contributed by atoms with Crippen molar-refractivity contribution in [1.82, 2.24) is 10.3 Å². The summed E-state index contributed by atoms with van der Waals surface area (Å²) in [6.45, 7) is 3.24. The normalized spacial score (nSPS) is 21.9. The molecule has 2 heterocycles. The molecule has 1 amide bonds. The highest BCUT2D eigenvalue weighted by molar-refractivity contribution is 5.99. The van der Waals surface area contributed by atoms with Crippen molar-refractivity contribution < 1.29 is 9.53 Å². The Bertz CT molecular complexity index is 813. The average molecular weight is 366 g/mol. The Kier molecular flexibility index (Phi) is 4.99. The third-order valence-electron chi connectivity index (χ3n) is 5.37. The summed E-state index contributed by atoms with van der Waals surface area (Å²) in [6.07, 6.45) is 5.64. The van der Waals surface area contributed by atoms with Gasteiger partial charge in [-0.2, -0.15) is 0 Å². The Hall–Kier alpha value is -2.60. The maximum absolute atomic E-state index is 12.9. The number of benzene rings is 1. The first-order valence-corrected chi connectivity index (χ1v) is 9.64. The number of nitrogens with two attached hydrogens (primary N) is 1. The van der Waals surface area contributed by atoms with Gasteiger partial charge in [-0.3, -0.25) is 4.79 Å². The van der Waals surface area contributed by atoms with Gasteiger partial charge in [0.05, 0.1) is 17.8 Å². The number of rotatable bonds is 3. The van der Waals surface area contributed by atoms with Crippen molar-refractivity contribution in [2.45, 2.75) is 44.7 Å². The molecule has 4 rings (SSSR count). The zero-order chi connectivity index (χ0) is 18.8. The topological polar surface area (TPSA) is 80.5 Å². The number of nitrogens with zero attached hydrogens (tertiary/aromatic N) is 2. The van der Waals surface area contributed by atoms with Crippen molar-refractivity contribution in [2.24, 2.45) is 5.73 Å². The lowest BCUT2D eigenvalue weighted by Gasteiger charge is -2.32. The molecule has 2 aliphatic rings. The highest BCUT2D eigenvalue weighted by Gasteiger charge is 2.27. The summed E-state index contributed by atoms with van der Waals surface area (Å²) in [6, 6.07) is 10.2. The van der Waals surface area contributed by atoms with E-state index in [0.29, 0.717) is 24.5 Å². The first-order valence-electron chi connectivity index (χ1n) is 9.64. The van der Waals surface area contributed by atoms with Crippen molar-refractivity contribution in [1.29, 1.82) is 0 Å². The van der Waals surface area contributed by atoms with Crippen molar-refractivity contribution >= 4 is 17.4 Å². The zero-order valence-corrected chi connectivity index (χ0v) is 15.6. The van der Waals surface area contributed by atoms with Crippen LogP contribution in [-0.2, 0) is 0 Å². The van der Waals surface area contributed by atoms with Crippen molar-refractivity contribution in [3.05, 3.63) is 47.7 Å². The lowest BCUT2D eigenvalue weighted by molar-refractivity contribution is 0.0921. The summed E-state index contributed by atoms with van der Waals surface area (Å²) in [7, 11) is 0. The smallest absolute Gasteiger partial charge is 0.255 e. The van der Waals surface area contributed by atoms with Crippen LogP contribution in [-0.4, -0.2) is 36.1 Å². The fraction of sp³-hybridized carbons (Fsp3) is 0.429. The van der Waals surface area contributed by atoms with Crippen LogP contribution >= 0.6 is 0 Å². The van der Waals surface area contributed by atoms with E-state index in [9.17, 15) is 4.79 Å². The van der Waals surface area contributed by atoms with E-state index in [4.69, 9.17) is 10.5 Å². The van der Waals surface area contributed by atoms with Gasteiger partial charge in [-0.15, -0.1) is 0 Å². The van der Waals surface area contributed by atoms with E-state index in [1.54, 1.807) is 0 Å². The number of hydrogen-bond acceptors (Lipinski definition) is 5. The highest BCUT2D eigenvalue weighted by Crippen LogP contribution is 2.38. The maximum Gasteiger partial charge on any atom is 0.255 e. The lowest BCUT2D eigenvalue weighted by Crippen LogP contribution is -2.41. The molecule has 1 aliphatic carbocycles. The van der Waals surface area contributed by atoms with E-state index in [-0.39, 0.29) is 18.0 Å². The van der Waals surface area contributed by atoms with Gasteiger partial charge in [0.15, 0.2) is 5.75 Å². The zero-order valence-electron chi connectivity index (χ0n) is 15.6. The molecule has 0 unspecified atom stereocenters. The number of anilines is 2. The minimum Gasteiger partial charge on any atom is -0.489 e. The summed E-state index contributed by atoms with van der Waals surface area (Å²) >= 11 is 0. The summed E-state index contributed by atoms with van der Waals surface area (Å²) in [4.78, 5) is 19.5. The summed E-state index contributed by atoms with van der Waals surface area (Å²) in [5.74, 6) is 1.42. The van der Waals surface area contributed by atoms with Gasteiger partial charge in [-0.25, -0.2) is 4.98 Å². The number of carbonyl (C=O) groups is 1. The van der Waals surface area contributed by atoms with E-state index in [0.717, 1.165) is 42.8 Å². The van der Waals surface area contributed by atoms with E-state index >= 15 is 0 Å². The Morgan fingerprint density at radius 3 is 2.78 bits per heavy atom. The number of para-hydroxylation sites is 1.